The maximum absolute atomic E-state index is 15.0. The lowest BCUT2D eigenvalue weighted by atomic mass is 9.75. The minimum atomic E-state index is -1.95. The Morgan fingerprint density at radius 2 is 1.17 bits per heavy atom. The second kappa shape index (κ2) is 23.4. The van der Waals surface area contributed by atoms with Crippen LogP contribution < -0.4 is 4.74 Å². The molecule has 0 saturated carbocycles. The molecule has 0 bridgehead atoms. The predicted molar refractivity (Wildman–Crippen MR) is 259 cm³/mol. The van der Waals surface area contributed by atoms with E-state index in [4.69, 9.17) is 52.1 Å². The number of fused-ring (bicyclic) bond motifs is 2. The van der Waals surface area contributed by atoms with Crippen LogP contribution in [0.3, 0.4) is 0 Å². The van der Waals surface area contributed by atoms with Crippen molar-refractivity contribution in [2.75, 3.05) is 7.11 Å². The molecule has 19 unspecified atom stereocenters. The lowest BCUT2D eigenvalue weighted by Crippen LogP contribution is -2.58. The summed E-state index contributed by atoms with van der Waals surface area (Å²) in [5, 5.41) is 120. The number of aromatic hydroxyl groups is 2. The molecule has 76 heavy (non-hydrogen) atoms. The Labute approximate surface area is 439 Å². The van der Waals surface area contributed by atoms with E-state index in [9.17, 15) is 61.0 Å². The Bertz CT molecular complexity index is 2350. The van der Waals surface area contributed by atoms with E-state index in [1.54, 1.807) is 27.7 Å². The fourth-order valence-corrected chi connectivity index (χ4v) is 11.3. The highest BCUT2D eigenvalue weighted by molar-refractivity contribution is 6.11. The first-order chi connectivity index (χ1) is 35.7. The molecule has 428 valence electrons. The third kappa shape index (κ3) is 11.9. The lowest BCUT2D eigenvalue weighted by molar-refractivity contribution is -0.334. The van der Waals surface area contributed by atoms with Crippen LogP contribution in [0.25, 0.3) is 10.8 Å². The first-order valence-electron chi connectivity index (χ1n) is 26.0. The van der Waals surface area contributed by atoms with E-state index < -0.39 is 176 Å². The molecule has 6 aliphatic rings. The van der Waals surface area contributed by atoms with Crippen LogP contribution in [0.2, 0.25) is 0 Å². The maximum atomic E-state index is 15.0. The average Bonchev–Trinajstić information content (AvgIpc) is 3.38. The van der Waals surface area contributed by atoms with Gasteiger partial charge in [0, 0.05) is 50.7 Å². The van der Waals surface area contributed by atoms with E-state index in [2.05, 4.69) is 0 Å². The summed E-state index contributed by atoms with van der Waals surface area (Å²) in [6.45, 7) is 12.1. The van der Waals surface area contributed by atoms with Gasteiger partial charge in [-0.3, -0.25) is 9.59 Å². The molecule has 0 radical (unpaired) electrons. The number of carbonyl (C=O) groups excluding carboxylic acids is 2. The van der Waals surface area contributed by atoms with E-state index in [1.807, 2.05) is 0 Å². The van der Waals surface area contributed by atoms with Crippen molar-refractivity contribution in [2.24, 2.45) is 5.92 Å². The molecule has 1 aliphatic carbocycles. The number of rotatable bonds is 15. The predicted octanol–water partition coefficient (Wildman–Crippen LogP) is -0.249. The van der Waals surface area contributed by atoms with Gasteiger partial charge in [-0.15, -0.1) is 0 Å². The second-order valence-electron chi connectivity index (χ2n) is 21.7. The second-order valence-corrected chi connectivity index (χ2v) is 21.7. The van der Waals surface area contributed by atoms with E-state index >= 15 is 4.79 Å². The summed E-state index contributed by atoms with van der Waals surface area (Å²) in [7, 11) is 1.18. The Balaban J connectivity index is 1.04. The van der Waals surface area contributed by atoms with Crippen LogP contribution in [-0.2, 0) is 58.6 Å². The van der Waals surface area contributed by atoms with Crippen molar-refractivity contribution in [1.82, 2.24) is 0 Å². The molecule has 5 aliphatic heterocycles. The summed E-state index contributed by atoms with van der Waals surface area (Å²) < 4.78 is 66.5. The molecular formula is C52H76O24. The third-order valence-electron chi connectivity index (χ3n) is 15.9. The number of benzene rings is 2. The molecule has 24 nitrogen and oxygen atoms in total. The zero-order valence-corrected chi connectivity index (χ0v) is 44.0. The largest absolute Gasteiger partial charge is 0.507 e. The van der Waals surface area contributed by atoms with Crippen molar-refractivity contribution in [3.63, 3.8) is 0 Å². The number of ketones is 2. The van der Waals surface area contributed by atoms with Crippen LogP contribution in [0.15, 0.2) is 12.1 Å². The molecule has 0 amide bonds. The first kappa shape index (κ1) is 58.8. The first-order valence-corrected chi connectivity index (χ1v) is 26.0. The number of Topliss-reactive ketones (excluding diaryl/α,β-unsaturated/α-hetero) is 2. The third-order valence-corrected chi connectivity index (χ3v) is 15.9. The van der Waals surface area contributed by atoms with Crippen molar-refractivity contribution in [1.29, 1.82) is 0 Å². The van der Waals surface area contributed by atoms with Gasteiger partial charge < -0.3 is 108 Å². The highest BCUT2D eigenvalue weighted by Crippen LogP contribution is 2.47. The van der Waals surface area contributed by atoms with Crippen LogP contribution in [0.5, 0.6) is 17.2 Å². The highest BCUT2D eigenvalue weighted by Gasteiger charge is 2.51. The van der Waals surface area contributed by atoms with Gasteiger partial charge in [0.25, 0.3) is 0 Å². The van der Waals surface area contributed by atoms with Crippen molar-refractivity contribution in [2.45, 2.75) is 241 Å². The van der Waals surface area contributed by atoms with Crippen molar-refractivity contribution in [3.8, 4) is 17.2 Å². The van der Waals surface area contributed by atoms with Gasteiger partial charge in [-0.2, -0.15) is 0 Å². The number of carbonyl (C=O) groups is 2. The van der Waals surface area contributed by atoms with E-state index in [0.29, 0.717) is 0 Å². The Morgan fingerprint density at radius 3 is 1.70 bits per heavy atom. The molecule has 8 rings (SSSR count). The molecule has 2 aromatic carbocycles. The quantitative estimate of drug-likeness (QED) is 0.110. The lowest BCUT2D eigenvalue weighted by Gasteiger charge is -2.46. The van der Waals surface area contributed by atoms with Gasteiger partial charge in [0.15, 0.2) is 36.7 Å². The number of hydrogen-bond donors (Lipinski definition) is 11. The van der Waals surface area contributed by atoms with Gasteiger partial charge >= 0.3 is 0 Å². The highest BCUT2D eigenvalue weighted by atomic mass is 16.7. The number of aliphatic hydroxyl groups is 9. The molecule has 5 heterocycles. The van der Waals surface area contributed by atoms with Crippen LogP contribution in [-0.4, -0.2) is 222 Å². The van der Waals surface area contributed by atoms with E-state index in [-0.39, 0.29) is 71.7 Å². The zero-order chi connectivity index (χ0) is 55.6. The number of aliphatic hydroxyl groups excluding tert-OH is 8. The topological polar surface area (TPSA) is 358 Å². The van der Waals surface area contributed by atoms with Gasteiger partial charge in [-0.25, -0.2) is 0 Å². The average molecular weight is 1090 g/mol. The summed E-state index contributed by atoms with van der Waals surface area (Å²) in [5.74, 6) is -4.07. The Morgan fingerprint density at radius 1 is 0.684 bits per heavy atom. The van der Waals surface area contributed by atoms with Gasteiger partial charge in [0.1, 0.15) is 66.1 Å². The molecule has 2 aromatic rings. The van der Waals surface area contributed by atoms with Gasteiger partial charge in [0.2, 0.25) is 6.29 Å². The molecule has 0 aromatic heterocycles. The molecular weight excluding hydrogens is 1010 g/mol. The van der Waals surface area contributed by atoms with Crippen LogP contribution in [0.1, 0.15) is 102 Å². The number of phenols is 2. The van der Waals surface area contributed by atoms with Crippen molar-refractivity contribution < 1.29 is 118 Å². The van der Waals surface area contributed by atoms with E-state index in [1.165, 1.54) is 46.9 Å². The zero-order valence-electron chi connectivity index (χ0n) is 44.0. The summed E-state index contributed by atoms with van der Waals surface area (Å²) in [6, 6.07) is 3.03. The van der Waals surface area contributed by atoms with E-state index in [0.717, 1.165) is 0 Å². The molecule has 11 N–H and O–H groups in total. The smallest absolute Gasteiger partial charge is 0.202 e. The van der Waals surface area contributed by atoms with Crippen molar-refractivity contribution in [3.05, 3.63) is 28.8 Å². The molecule has 0 spiro atoms. The Kier molecular flexibility index (Phi) is 18.1. The van der Waals surface area contributed by atoms with Gasteiger partial charge in [-0.1, -0.05) is 0 Å². The molecule has 5 fully saturated rings. The summed E-state index contributed by atoms with van der Waals surface area (Å²) in [6.07, 6.45) is -27.0. The van der Waals surface area contributed by atoms with Crippen molar-refractivity contribution >= 4 is 22.3 Å². The number of ether oxygens (including phenoxy) is 11. The minimum absolute atomic E-state index is 0.0365. The SMILES string of the molecule is CO[C@H](C(=O)[C@@H](O)[C@@H](C)O)[C@@H]1Cc2cc3cc(O[C@H]4CC(OC5CC(O)C(O)C(C)O5)C(O)C(C)O4)c(C)c(O)c3c(O)c2C(=O)[C@H]1OC1CC(OC2CC(OC3CC(C)(O)C(O)C(C)O3)C(O)C(C)O2)C(O)C(C)O1. The number of phenolic OH excluding ortho intramolecular Hbond substituents is 2. The van der Waals surface area contributed by atoms with Gasteiger partial charge in [-0.05, 0) is 84.9 Å². The van der Waals surface area contributed by atoms with Crippen LogP contribution in [0, 0.1) is 12.8 Å². The number of methoxy groups -OCH3 is 1. The summed E-state index contributed by atoms with van der Waals surface area (Å²) >= 11 is 0. The maximum Gasteiger partial charge on any atom is 0.202 e. The van der Waals surface area contributed by atoms with Crippen LogP contribution >= 0.6 is 0 Å². The molecule has 24 heteroatoms. The normalized spacial score (nSPS) is 42.5. The molecule has 5 saturated heterocycles. The number of hydrogen-bond acceptors (Lipinski definition) is 24. The van der Waals surface area contributed by atoms with Gasteiger partial charge in [0.05, 0.1) is 77.6 Å². The monoisotopic (exact) mass is 1080 g/mol. The Hall–Kier alpha value is -3.32. The summed E-state index contributed by atoms with van der Waals surface area (Å²) in [4.78, 5) is 28.9. The molecule has 25 atom stereocenters. The fraction of sp³-hybridized carbons (Fsp3) is 0.769. The fourth-order valence-electron chi connectivity index (χ4n) is 11.3. The minimum Gasteiger partial charge on any atom is -0.507 e. The summed E-state index contributed by atoms with van der Waals surface area (Å²) in [5.41, 5.74) is -1.47. The van der Waals surface area contributed by atoms with Crippen LogP contribution in [0.4, 0.5) is 0 Å². The standard InChI is InChI=1S/C52H76O24/c1-18-29(72-34-14-30(43(58)21(4)68-34)73-33-13-28(54)42(57)20(3)67-33)12-26-10-25-11-27(49(66-9)48(63)41(56)19(2)53)50(47(62)39(25)46(61)38(26)40(18)55)76-36-16-31(44(59)23(6)70-36)74-35-15-32(45(60)22(5)69-35)75-37-17-52(8,65)51(64)24(7)71-37/h10,12,19-24,27-28,30-37,41-45,49-51,53-61,64-65H,11,13-17H2,1-9H3/t19-,20?,21?,22?,23?,24?,27+,28?,30?,31?,32?,33?,34+,35?,36?,37?,41+,42?,43?,44?,45?,49+,50+,51?,52?/m1/s1.